The summed E-state index contributed by atoms with van der Waals surface area (Å²) >= 11 is 1.43. The molecule has 2 rings (SSSR count). The molecule has 3 N–H and O–H groups in total. The van der Waals surface area contributed by atoms with Crippen molar-refractivity contribution in [1.29, 1.82) is 0 Å². The second-order valence-corrected chi connectivity index (χ2v) is 5.28. The summed E-state index contributed by atoms with van der Waals surface area (Å²) in [6, 6.07) is 1.84. The van der Waals surface area contributed by atoms with Crippen LogP contribution in [0.3, 0.4) is 0 Å². The summed E-state index contributed by atoms with van der Waals surface area (Å²) in [4.78, 5) is 11.1. The summed E-state index contributed by atoms with van der Waals surface area (Å²) in [6.07, 6.45) is -2.52. The first-order chi connectivity index (χ1) is 9.01. The number of anilines is 2. The highest BCUT2D eigenvalue weighted by molar-refractivity contribution is 7.18. The Hall–Kier alpha value is -1.54. The molecule has 2 aromatic heterocycles. The fourth-order valence-electron chi connectivity index (χ4n) is 1.85. The number of thiophene rings is 1. The molecule has 2 heterocycles. The number of halogens is 2. The molecular formula is C11H14F2N4OS. The van der Waals surface area contributed by atoms with Gasteiger partial charge in [-0.25, -0.2) is 13.8 Å². The van der Waals surface area contributed by atoms with Crippen LogP contribution in [0.2, 0.25) is 0 Å². The zero-order chi connectivity index (χ0) is 14.0. The third-order valence-corrected chi connectivity index (χ3v) is 3.49. The molecule has 0 aromatic carbocycles. The van der Waals surface area contributed by atoms with E-state index < -0.39 is 13.0 Å². The van der Waals surface area contributed by atoms with E-state index in [9.17, 15) is 8.78 Å². The summed E-state index contributed by atoms with van der Waals surface area (Å²) in [5, 5.41) is 9.68. The fourth-order valence-corrected chi connectivity index (χ4v) is 2.74. The zero-order valence-electron chi connectivity index (χ0n) is 10.3. The largest absolute Gasteiger partial charge is 0.395 e. The number of hydrogen-bond acceptors (Lipinski definition) is 6. The Morgan fingerprint density at radius 3 is 2.84 bits per heavy atom. The third-order valence-electron chi connectivity index (χ3n) is 2.54. The Balaban J connectivity index is 2.50. The van der Waals surface area contributed by atoms with Gasteiger partial charge in [0.25, 0.3) is 6.43 Å². The van der Waals surface area contributed by atoms with Crippen LogP contribution >= 0.6 is 11.3 Å². The average molecular weight is 288 g/mol. The normalized spacial score (nSPS) is 11.4. The number of aromatic nitrogens is 2. The van der Waals surface area contributed by atoms with Gasteiger partial charge >= 0.3 is 0 Å². The molecule has 0 aliphatic heterocycles. The van der Waals surface area contributed by atoms with Crippen molar-refractivity contribution in [2.75, 3.05) is 30.3 Å². The standard InChI is InChI=1S/C11H14F2N4OS/c1-6-4-7-9(15-11(14)16-10(7)19-6)17(2-3-18)5-8(12)13/h4,8,18H,2-3,5H2,1H3,(H2,14,15,16). The SMILES string of the molecule is Cc1cc2c(N(CCO)CC(F)F)nc(N)nc2s1. The molecule has 0 unspecified atom stereocenters. The second-order valence-electron chi connectivity index (χ2n) is 4.04. The number of aliphatic hydroxyl groups excluding tert-OH is 1. The quantitative estimate of drug-likeness (QED) is 0.875. The third kappa shape index (κ3) is 3.07. The monoisotopic (exact) mass is 288 g/mol. The topological polar surface area (TPSA) is 75.3 Å². The van der Waals surface area contributed by atoms with Crippen LogP contribution in [0.5, 0.6) is 0 Å². The summed E-state index contributed by atoms with van der Waals surface area (Å²) in [6.45, 7) is 1.24. The Labute approximate surface area is 112 Å². The van der Waals surface area contributed by atoms with Gasteiger partial charge in [-0.15, -0.1) is 11.3 Å². The van der Waals surface area contributed by atoms with E-state index in [4.69, 9.17) is 10.8 Å². The van der Waals surface area contributed by atoms with Crippen LogP contribution in [0.4, 0.5) is 20.5 Å². The molecule has 0 saturated carbocycles. The van der Waals surface area contributed by atoms with Crippen molar-refractivity contribution in [3.63, 3.8) is 0 Å². The van der Waals surface area contributed by atoms with Crippen molar-refractivity contribution in [2.24, 2.45) is 0 Å². The summed E-state index contributed by atoms with van der Waals surface area (Å²) in [5.41, 5.74) is 5.61. The van der Waals surface area contributed by atoms with Gasteiger partial charge in [0.05, 0.1) is 18.5 Å². The molecule has 0 amide bonds. The molecule has 0 bridgehead atoms. The van der Waals surface area contributed by atoms with Gasteiger partial charge in [0.1, 0.15) is 10.6 Å². The van der Waals surface area contributed by atoms with E-state index >= 15 is 0 Å². The number of nitrogens with two attached hydrogens (primary N) is 1. The highest BCUT2D eigenvalue weighted by atomic mass is 32.1. The number of aliphatic hydroxyl groups is 1. The predicted octanol–water partition coefficient (Wildman–Crippen LogP) is 1.65. The lowest BCUT2D eigenvalue weighted by molar-refractivity contribution is 0.152. The average Bonchev–Trinajstić information content (AvgIpc) is 2.67. The molecule has 0 aliphatic carbocycles. The van der Waals surface area contributed by atoms with Crippen LogP contribution in [0.15, 0.2) is 6.07 Å². The second kappa shape index (κ2) is 5.62. The molecule has 8 heteroatoms. The maximum atomic E-state index is 12.6. The Morgan fingerprint density at radius 2 is 2.21 bits per heavy atom. The lowest BCUT2D eigenvalue weighted by Gasteiger charge is -2.23. The summed E-state index contributed by atoms with van der Waals surface area (Å²) in [5.74, 6) is 0.391. The first-order valence-corrected chi connectivity index (χ1v) is 6.50. The van der Waals surface area contributed by atoms with E-state index in [1.165, 1.54) is 16.2 Å². The lowest BCUT2D eigenvalue weighted by atomic mass is 10.3. The smallest absolute Gasteiger partial charge is 0.255 e. The molecule has 0 atom stereocenters. The highest BCUT2D eigenvalue weighted by Crippen LogP contribution is 2.31. The van der Waals surface area contributed by atoms with E-state index in [1.807, 2.05) is 13.0 Å². The molecule has 19 heavy (non-hydrogen) atoms. The van der Waals surface area contributed by atoms with Crippen molar-refractivity contribution < 1.29 is 13.9 Å². The Morgan fingerprint density at radius 1 is 1.47 bits per heavy atom. The van der Waals surface area contributed by atoms with Gasteiger partial charge in [-0.2, -0.15) is 4.98 Å². The molecule has 0 aliphatic rings. The van der Waals surface area contributed by atoms with Crippen LogP contribution in [-0.4, -0.2) is 41.2 Å². The minimum atomic E-state index is -2.52. The molecule has 0 radical (unpaired) electrons. The Bertz CT molecular complexity index is 575. The molecule has 0 fully saturated rings. The molecule has 5 nitrogen and oxygen atoms in total. The molecule has 0 saturated heterocycles. The van der Waals surface area contributed by atoms with Crippen LogP contribution in [-0.2, 0) is 0 Å². The van der Waals surface area contributed by atoms with E-state index in [2.05, 4.69) is 9.97 Å². The van der Waals surface area contributed by atoms with E-state index in [-0.39, 0.29) is 19.1 Å². The number of nitrogen functional groups attached to an aromatic ring is 1. The molecular weight excluding hydrogens is 274 g/mol. The lowest BCUT2D eigenvalue weighted by Crippen LogP contribution is -2.32. The van der Waals surface area contributed by atoms with Gasteiger partial charge < -0.3 is 15.7 Å². The van der Waals surface area contributed by atoms with E-state index in [1.54, 1.807) is 0 Å². The predicted molar refractivity (Wildman–Crippen MR) is 71.9 cm³/mol. The number of aryl methyl sites for hydroxylation is 1. The van der Waals surface area contributed by atoms with Crippen LogP contribution in [0, 0.1) is 6.92 Å². The van der Waals surface area contributed by atoms with Gasteiger partial charge in [0, 0.05) is 11.4 Å². The maximum Gasteiger partial charge on any atom is 0.255 e. The molecule has 2 aromatic rings. The van der Waals surface area contributed by atoms with Gasteiger partial charge in [-0.05, 0) is 13.0 Å². The number of hydrogen-bond donors (Lipinski definition) is 2. The van der Waals surface area contributed by atoms with Crippen molar-refractivity contribution in [1.82, 2.24) is 9.97 Å². The highest BCUT2D eigenvalue weighted by Gasteiger charge is 2.18. The number of nitrogens with zero attached hydrogens (tertiary/aromatic N) is 3. The van der Waals surface area contributed by atoms with Gasteiger partial charge in [0.15, 0.2) is 0 Å². The zero-order valence-corrected chi connectivity index (χ0v) is 11.1. The molecule has 0 spiro atoms. The minimum Gasteiger partial charge on any atom is -0.395 e. The van der Waals surface area contributed by atoms with Gasteiger partial charge in [-0.1, -0.05) is 0 Å². The number of rotatable bonds is 5. The van der Waals surface area contributed by atoms with Gasteiger partial charge in [-0.3, -0.25) is 0 Å². The maximum absolute atomic E-state index is 12.6. The van der Waals surface area contributed by atoms with Crippen LogP contribution in [0.25, 0.3) is 10.2 Å². The van der Waals surface area contributed by atoms with Crippen molar-refractivity contribution in [3.8, 4) is 0 Å². The van der Waals surface area contributed by atoms with Gasteiger partial charge in [0.2, 0.25) is 5.95 Å². The van der Waals surface area contributed by atoms with Crippen LogP contribution < -0.4 is 10.6 Å². The molecule has 104 valence electrons. The number of alkyl halides is 2. The summed E-state index contributed by atoms with van der Waals surface area (Å²) in [7, 11) is 0. The van der Waals surface area contributed by atoms with Crippen molar-refractivity contribution >= 4 is 33.3 Å². The van der Waals surface area contributed by atoms with E-state index in [0.717, 1.165) is 4.88 Å². The van der Waals surface area contributed by atoms with Crippen molar-refractivity contribution in [2.45, 2.75) is 13.3 Å². The van der Waals surface area contributed by atoms with E-state index in [0.29, 0.717) is 16.0 Å². The van der Waals surface area contributed by atoms with Crippen molar-refractivity contribution in [3.05, 3.63) is 10.9 Å². The number of fused-ring (bicyclic) bond motifs is 1. The van der Waals surface area contributed by atoms with Crippen LogP contribution in [0.1, 0.15) is 4.88 Å². The Kier molecular flexibility index (Phi) is 4.11. The first-order valence-electron chi connectivity index (χ1n) is 5.69. The fraction of sp³-hybridized carbons (Fsp3) is 0.455. The first kappa shape index (κ1) is 13.9. The minimum absolute atomic E-state index is 0.0431. The summed E-state index contributed by atoms with van der Waals surface area (Å²) < 4.78 is 25.2.